The molecule has 0 fully saturated rings. The molecule has 0 bridgehead atoms. The molecule has 112 valence electrons. The van der Waals surface area contributed by atoms with Crippen LogP contribution < -0.4 is 0 Å². The third kappa shape index (κ3) is 3.75. The van der Waals surface area contributed by atoms with E-state index in [1.54, 1.807) is 0 Å². The predicted octanol–water partition coefficient (Wildman–Crippen LogP) is 6.26. The van der Waals surface area contributed by atoms with E-state index in [2.05, 4.69) is 90.9 Å². The zero-order valence-corrected chi connectivity index (χ0v) is 14.5. The molecule has 0 aliphatic carbocycles. The van der Waals surface area contributed by atoms with Crippen molar-refractivity contribution in [1.82, 2.24) is 0 Å². The van der Waals surface area contributed by atoms with E-state index in [1.807, 2.05) is 0 Å². The van der Waals surface area contributed by atoms with Gasteiger partial charge < -0.3 is 0 Å². The quantitative estimate of drug-likeness (QED) is 0.578. The van der Waals surface area contributed by atoms with E-state index < -0.39 is 0 Å². The molecule has 0 unspecified atom stereocenters. The molecule has 2 aromatic rings. The van der Waals surface area contributed by atoms with Gasteiger partial charge in [-0.2, -0.15) is 0 Å². The smallest absolute Gasteiger partial charge is 0.0132 e. The molecule has 0 radical (unpaired) electrons. The molecule has 0 saturated heterocycles. The Labute approximate surface area is 130 Å². The zero-order chi connectivity index (χ0) is 15.8. The molecule has 0 aromatic heterocycles. The molecule has 0 amide bonds. The summed E-state index contributed by atoms with van der Waals surface area (Å²) in [7, 11) is 0. The fourth-order valence-electron chi connectivity index (χ4n) is 2.55. The summed E-state index contributed by atoms with van der Waals surface area (Å²) in [5, 5.41) is 0. The summed E-state index contributed by atoms with van der Waals surface area (Å²) in [6.45, 7) is 15.8. The summed E-state index contributed by atoms with van der Waals surface area (Å²) in [5.41, 5.74) is 7.13. The van der Waals surface area contributed by atoms with Gasteiger partial charge in [-0.05, 0) is 40.0 Å². The van der Waals surface area contributed by atoms with Crippen LogP contribution in [0, 0.1) is 6.92 Å². The van der Waals surface area contributed by atoms with Crippen LogP contribution in [0.2, 0.25) is 0 Å². The molecule has 21 heavy (non-hydrogen) atoms. The number of hydrogen-bond donors (Lipinski definition) is 0. The Morgan fingerprint density at radius 1 is 0.571 bits per heavy atom. The third-order valence-electron chi connectivity index (χ3n) is 4.03. The largest absolute Gasteiger partial charge is 0.0579 e. The summed E-state index contributed by atoms with van der Waals surface area (Å²) in [5.74, 6) is 0. The van der Waals surface area contributed by atoms with Crippen LogP contribution in [0.25, 0.3) is 11.1 Å². The van der Waals surface area contributed by atoms with Crippen LogP contribution in [0.15, 0.2) is 42.5 Å². The molecule has 0 atom stereocenters. The molecule has 0 aliphatic heterocycles. The summed E-state index contributed by atoms with van der Waals surface area (Å²) in [6, 6.07) is 15.9. The second-order valence-electron chi connectivity index (χ2n) is 8.17. The zero-order valence-electron chi connectivity index (χ0n) is 14.5. The van der Waals surface area contributed by atoms with Gasteiger partial charge in [-0.1, -0.05) is 89.6 Å². The van der Waals surface area contributed by atoms with Gasteiger partial charge in [-0.3, -0.25) is 0 Å². The van der Waals surface area contributed by atoms with E-state index in [0.717, 1.165) is 0 Å². The fourth-order valence-corrected chi connectivity index (χ4v) is 2.55. The van der Waals surface area contributed by atoms with Crippen LogP contribution >= 0.6 is 0 Å². The van der Waals surface area contributed by atoms with Gasteiger partial charge >= 0.3 is 0 Å². The first-order chi connectivity index (χ1) is 9.57. The van der Waals surface area contributed by atoms with Gasteiger partial charge in [0.15, 0.2) is 0 Å². The first kappa shape index (κ1) is 15.8. The lowest BCUT2D eigenvalue weighted by molar-refractivity contribution is 0.590. The Morgan fingerprint density at radius 2 is 1.10 bits per heavy atom. The van der Waals surface area contributed by atoms with Crippen molar-refractivity contribution in [2.24, 2.45) is 0 Å². The van der Waals surface area contributed by atoms with Gasteiger partial charge in [0.05, 0.1) is 0 Å². The molecule has 0 saturated carbocycles. The SMILES string of the molecule is Cc1cc(-c2ccc(C(C)(C)C)cc2)cc(C(C)(C)C)c1. The minimum atomic E-state index is 0.187. The van der Waals surface area contributed by atoms with Crippen LogP contribution in [-0.2, 0) is 10.8 Å². The topological polar surface area (TPSA) is 0 Å². The number of aryl methyl sites for hydroxylation is 1. The van der Waals surface area contributed by atoms with Crippen molar-refractivity contribution >= 4 is 0 Å². The average Bonchev–Trinajstić information content (AvgIpc) is 2.36. The highest BCUT2D eigenvalue weighted by atomic mass is 14.2. The van der Waals surface area contributed by atoms with Crippen molar-refractivity contribution in [3.05, 3.63) is 59.2 Å². The Kier molecular flexibility index (Phi) is 4.02. The Balaban J connectivity index is 2.45. The van der Waals surface area contributed by atoms with Crippen molar-refractivity contribution < 1.29 is 0 Å². The van der Waals surface area contributed by atoms with Gasteiger partial charge in [0.1, 0.15) is 0 Å². The van der Waals surface area contributed by atoms with Gasteiger partial charge in [-0.25, -0.2) is 0 Å². The van der Waals surface area contributed by atoms with Gasteiger partial charge in [0.2, 0.25) is 0 Å². The lowest BCUT2D eigenvalue weighted by Crippen LogP contribution is -2.11. The fraction of sp³-hybridized carbons (Fsp3) is 0.429. The number of hydrogen-bond acceptors (Lipinski definition) is 0. The molecule has 0 nitrogen and oxygen atoms in total. The molecular formula is C21H28. The summed E-state index contributed by atoms with van der Waals surface area (Å²) in [6.07, 6.45) is 0. The normalized spacial score (nSPS) is 12.5. The molecule has 2 aromatic carbocycles. The maximum Gasteiger partial charge on any atom is -0.0132 e. The van der Waals surface area contributed by atoms with E-state index >= 15 is 0 Å². The summed E-state index contributed by atoms with van der Waals surface area (Å²) in [4.78, 5) is 0. The molecule has 0 heteroatoms. The Morgan fingerprint density at radius 3 is 1.57 bits per heavy atom. The highest BCUT2D eigenvalue weighted by Crippen LogP contribution is 2.30. The minimum Gasteiger partial charge on any atom is -0.0579 e. The molecule has 0 heterocycles. The summed E-state index contributed by atoms with van der Waals surface area (Å²) < 4.78 is 0. The highest BCUT2D eigenvalue weighted by molar-refractivity contribution is 5.66. The molecule has 2 rings (SSSR count). The predicted molar refractivity (Wildman–Crippen MR) is 94.0 cm³/mol. The van der Waals surface area contributed by atoms with Crippen LogP contribution in [0.5, 0.6) is 0 Å². The first-order valence-corrected chi connectivity index (χ1v) is 7.80. The summed E-state index contributed by atoms with van der Waals surface area (Å²) >= 11 is 0. The molecular weight excluding hydrogens is 252 g/mol. The van der Waals surface area contributed by atoms with E-state index in [9.17, 15) is 0 Å². The minimum absolute atomic E-state index is 0.187. The molecule has 0 aliphatic rings. The van der Waals surface area contributed by atoms with Crippen LogP contribution in [0.3, 0.4) is 0 Å². The van der Waals surface area contributed by atoms with E-state index in [0.29, 0.717) is 0 Å². The standard InChI is InChI=1S/C21H28/c1-15-12-17(14-19(13-15)21(5,6)7)16-8-10-18(11-9-16)20(2,3)4/h8-14H,1-7H3. The van der Waals surface area contributed by atoms with Gasteiger partial charge in [0.25, 0.3) is 0 Å². The van der Waals surface area contributed by atoms with Crippen molar-refractivity contribution in [2.75, 3.05) is 0 Å². The lowest BCUT2D eigenvalue weighted by Gasteiger charge is -2.22. The van der Waals surface area contributed by atoms with E-state index in [-0.39, 0.29) is 10.8 Å². The van der Waals surface area contributed by atoms with Crippen molar-refractivity contribution in [3.63, 3.8) is 0 Å². The van der Waals surface area contributed by atoms with E-state index in [4.69, 9.17) is 0 Å². The second kappa shape index (κ2) is 5.33. The van der Waals surface area contributed by atoms with Crippen molar-refractivity contribution in [2.45, 2.75) is 59.3 Å². The Hall–Kier alpha value is -1.56. The van der Waals surface area contributed by atoms with Crippen LogP contribution in [-0.4, -0.2) is 0 Å². The molecule has 0 N–H and O–H groups in total. The highest BCUT2D eigenvalue weighted by Gasteiger charge is 2.16. The van der Waals surface area contributed by atoms with E-state index in [1.165, 1.54) is 27.8 Å². The van der Waals surface area contributed by atoms with Crippen molar-refractivity contribution in [3.8, 4) is 11.1 Å². The first-order valence-electron chi connectivity index (χ1n) is 7.80. The van der Waals surface area contributed by atoms with Crippen LogP contribution in [0.4, 0.5) is 0 Å². The lowest BCUT2D eigenvalue weighted by atomic mass is 9.83. The Bertz CT molecular complexity index is 617. The van der Waals surface area contributed by atoms with Crippen molar-refractivity contribution in [1.29, 1.82) is 0 Å². The van der Waals surface area contributed by atoms with Crippen LogP contribution in [0.1, 0.15) is 58.2 Å². The van der Waals surface area contributed by atoms with Gasteiger partial charge in [0, 0.05) is 0 Å². The second-order valence-corrected chi connectivity index (χ2v) is 8.17. The average molecular weight is 280 g/mol. The third-order valence-corrected chi connectivity index (χ3v) is 4.03. The monoisotopic (exact) mass is 280 g/mol. The van der Waals surface area contributed by atoms with Gasteiger partial charge in [-0.15, -0.1) is 0 Å². The maximum atomic E-state index is 2.33. The number of benzene rings is 2. The maximum absolute atomic E-state index is 2.33. The number of rotatable bonds is 1. The molecule has 0 spiro atoms.